The maximum atomic E-state index is 11.0. The van der Waals surface area contributed by atoms with E-state index in [1.54, 1.807) is 19.1 Å². The molecule has 0 radical (unpaired) electrons. The van der Waals surface area contributed by atoms with Crippen molar-refractivity contribution in [3.8, 4) is 6.07 Å². The largest absolute Gasteiger partial charge is 0.465 e. The van der Waals surface area contributed by atoms with Crippen molar-refractivity contribution in [1.82, 2.24) is 4.98 Å². The van der Waals surface area contributed by atoms with Gasteiger partial charge in [0.25, 0.3) is 0 Å². The van der Waals surface area contributed by atoms with Crippen LogP contribution < -0.4 is 5.32 Å². The standard InChI is InChI=1S/C10H11N3O2/c1-2-15-10(14)7-13-8-3-4-12-9(5-8)6-11/h3-5H,2,7H2,1H3,(H,12,13). The van der Waals surface area contributed by atoms with Gasteiger partial charge in [0, 0.05) is 11.9 Å². The molecular weight excluding hydrogens is 194 g/mol. The molecule has 0 aromatic carbocycles. The zero-order valence-corrected chi connectivity index (χ0v) is 8.36. The Morgan fingerprint density at radius 3 is 3.20 bits per heavy atom. The fourth-order valence-electron chi connectivity index (χ4n) is 0.988. The van der Waals surface area contributed by atoms with Crippen molar-refractivity contribution >= 4 is 11.7 Å². The Hall–Kier alpha value is -2.09. The number of nitrogens with one attached hydrogen (secondary N) is 1. The van der Waals surface area contributed by atoms with Crippen LogP contribution in [-0.4, -0.2) is 24.1 Å². The maximum absolute atomic E-state index is 11.0. The Labute approximate surface area is 87.7 Å². The molecule has 1 aromatic rings. The molecule has 0 aliphatic rings. The van der Waals surface area contributed by atoms with Gasteiger partial charge in [-0.15, -0.1) is 0 Å². The first-order valence-electron chi connectivity index (χ1n) is 4.52. The third kappa shape index (κ3) is 3.65. The van der Waals surface area contributed by atoms with E-state index in [-0.39, 0.29) is 12.5 Å². The number of esters is 1. The van der Waals surface area contributed by atoms with E-state index in [2.05, 4.69) is 10.3 Å². The molecule has 1 N–H and O–H groups in total. The number of aromatic nitrogens is 1. The average molecular weight is 205 g/mol. The van der Waals surface area contributed by atoms with E-state index in [0.29, 0.717) is 18.0 Å². The molecule has 0 spiro atoms. The van der Waals surface area contributed by atoms with Crippen LogP contribution in [0.2, 0.25) is 0 Å². The highest BCUT2D eigenvalue weighted by Crippen LogP contribution is 2.06. The SMILES string of the molecule is CCOC(=O)CNc1ccnc(C#N)c1. The van der Waals surface area contributed by atoms with E-state index in [9.17, 15) is 4.79 Å². The summed E-state index contributed by atoms with van der Waals surface area (Å²) < 4.78 is 4.74. The number of ether oxygens (including phenoxy) is 1. The summed E-state index contributed by atoms with van der Waals surface area (Å²) in [5.74, 6) is -0.326. The summed E-state index contributed by atoms with van der Waals surface area (Å²) in [6.45, 7) is 2.20. The van der Waals surface area contributed by atoms with Crippen LogP contribution in [0.25, 0.3) is 0 Å². The number of rotatable bonds is 4. The third-order valence-electron chi connectivity index (χ3n) is 1.62. The molecule has 0 fully saturated rings. The molecule has 5 nitrogen and oxygen atoms in total. The lowest BCUT2D eigenvalue weighted by Crippen LogP contribution is -2.16. The number of hydrogen-bond acceptors (Lipinski definition) is 5. The first-order chi connectivity index (χ1) is 7.26. The van der Waals surface area contributed by atoms with Gasteiger partial charge in [-0.2, -0.15) is 5.26 Å². The van der Waals surface area contributed by atoms with Crippen molar-refractivity contribution in [3.05, 3.63) is 24.0 Å². The number of nitrogens with zero attached hydrogens (tertiary/aromatic N) is 2. The molecule has 0 bridgehead atoms. The summed E-state index contributed by atoms with van der Waals surface area (Å²) in [5.41, 5.74) is 0.985. The minimum Gasteiger partial charge on any atom is -0.465 e. The van der Waals surface area contributed by atoms with Crippen molar-refractivity contribution in [2.75, 3.05) is 18.5 Å². The fourth-order valence-corrected chi connectivity index (χ4v) is 0.988. The Bertz CT molecular complexity index is 384. The van der Waals surface area contributed by atoms with Crippen molar-refractivity contribution in [1.29, 1.82) is 5.26 Å². The normalized spacial score (nSPS) is 9.07. The highest BCUT2D eigenvalue weighted by atomic mass is 16.5. The molecular formula is C10H11N3O2. The molecule has 0 aliphatic carbocycles. The van der Waals surface area contributed by atoms with Gasteiger partial charge in [0.2, 0.25) is 0 Å². The Kier molecular flexibility index (Phi) is 4.10. The van der Waals surface area contributed by atoms with Gasteiger partial charge in [-0.05, 0) is 19.1 Å². The minimum absolute atomic E-state index is 0.0860. The van der Waals surface area contributed by atoms with Crippen molar-refractivity contribution in [2.45, 2.75) is 6.92 Å². The summed E-state index contributed by atoms with van der Waals surface area (Å²) >= 11 is 0. The monoisotopic (exact) mass is 205 g/mol. The molecule has 1 rings (SSSR count). The molecule has 1 heterocycles. The molecule has 0 unspecified atom stereocenters. The predicted molar refractivity (Wildman–Crippen MR) is 54.1 cm³/mol. The van der Waals surface area contributed by atoms with Gasteiger partial charge in [-0.25, -0.2) is 4.98 Å². The van der Waals surface area contributed by atoms with Gasteiger partial charge in [0.15, 0.2) is 0 Å². The van der Waals surface area contributed by atoms with E-state index in [1.165, 1.54) is 6.20 Å². The van der Waals surface area contributed by atoms with Crippen LogP contribution in [0.1, 0.15) is 12.6 Å². The van der Waals surface area contributed by atoms with Gasteiger partial charge < -0.3 is 10.1 Å². The molecule has 78 valence electrons. The molecule has 0 atom stereocenters. The summed E-state index contributed by atoms with van der Waals surface area (Å²) in [6, 6.07) is 5.16. The number of anilines is 1. The number of carbonyl (C=O) groups is 1. The van der Waals surface area contributed by atoms with E-state index < -0.39 is 0 Å². The topological polar surface area (TPSA) is 75.0 Å². The predicted octanol–water partition coefficient (Wildman–Crippen LogP) is 0.928. The molecule has 0 saturated heterocycles. The van der Waals surface area contributed by atoms with E-state index in [1.807, 2.05) is 6.07 Å². The Morgan fingerprint density at radius 2 is 2.53 bits per heavy atom. The van der Waals surface area contributed by atoms with Crippen molar-refractivity contribution < 1.29 is 9.53 Å². The van der Waals surface area contributed by atoms with E-state index in [0.717, 1.165) is 0 Å². The van der Waals surface area contributed by atoms with Crippen LogP contribution in [0.4, 0.5) is 5.69 Å². The first kappa shape index (κ1) is 11.0. The number of nitriles is 1. The van der Waals surface area contributed by atoms with E-state index >= 15 is 0 Å². The quantitative estimate of drug-likeness (QED) is 0.740. The summed E-state index contributed by atoms with van der Waals surface area (Å²) in [4.78, 5) is 14.8. The Morgan fingerprint density at radius 1 is 1.73 bits per heavy atom. The van der Waals surface area contributed by atoms with E-state index in [4.69, 9.17) is 10.00 Å². The van der Waals surface area contributed by atoms with Crippen LogP contribution in [0, 0.1) is 11.3 Å². The highest BCUT2D eigenvalue weighted by molar-refractivity contribution is 5.74. The lowest BCUT2D eigenvalue weighted by Gasteiger charge is -2.05. The van der Waals surface area contributed by atoms with Crippen LogP contribution in [0.3, 0.4) is 0 Å². The zero-order chi connectivity index (χ0) is 11.1. The van der Waals surface area contributed by atoms with Crippen LogP contribution >= 0.6 is 0 Å². The second kappa shape index (κ2) is 5.60. The van der Waals surface area contributed by atoms with Gasteiger partial charge in [-0.3, -0.25) is 4.79 Å². The lowest BCUT2D eigenvalue weighted by atomic mass is 10.3. The smallest absolute Gasteiger partial charge is 0.325 e. The first-order valence-corrected chi connectivity index (χ1v) is 4.52. The van der Waals surface area contributed by atoms with Crippen LogP contribution in [0.5, 0.6) is 0 Å². The zero-order valence-electron chi connectivity index (χ0n) is 8.36. The summed E-state index contributed by atoms with van der Waals surface area (Å²) in [5, 5.41) is 11.4. The molecule has 15 heavy (non-hydrogen) atoms. The summed E-state index contributed by atoms with van der Waals surface area (Å²) in [6.07, 6.45) is 1.51. The molecule has 0 aliphatic heterocycles. The Balaban J connectivity index is 2.51. The molecule has 0 saturated carbocycles. The highest BCUT2D eigenvalue weighted by Gasteiger charge is 2.01. The minimum atomic E-state index is -0.326. The summed E-state index contributed by atoms with van der Waals surface area (Å²) in [7, 11) is 0. The lowest BCUT2D eigenvalue weighted by molar-refractivity contribution is -0.140. The maximum Gasteiger partial charge on any atom is 0.325 e. The van der Waals surface area contributed by atoms with Gasteiger partial charge in [0.05, 0.1) is 6.61 Å². The van der Waals surface area contributed by atoms with Gasteiger partial charge in [-0.1, -0.05) is 0 Å². The van der Waals surface area contributed by atoms with Crippen LogP contribution in [-0.2, 0) is 9.53 Å². The second-order valence-corrected chi connectivity index (χ2v) is 2.70. The molecule has 5 heteroatoms. The molecule has 0 amide bonds. The fraction of sp³-hybridized carbons (Fsp3) is 0.300. The van der Waals surface area contributed by atoms with Gasteiger partial charge in [0.1, 0.15) is 18.3 Å². The number of hydrogen-bond donors (Lipinski definition) is 1. The van der Waals surface area contributed by atoms with Crippen LogP contribution in [0.15, 0.2) is 18.3 Å². The third-order valence-corrected chi connectivity index (χ3v) is 1.62. The van der Waals surface area contributed by atoms with Crippen molar-refractivity contribution in [3.63, 3.8) is 0 Å². The number of carbonyl (C=O) groups excluding carboxylic acids is 1. The average Bonchev–Trinajstić information content (AvgIpc) is 2.27. The van der Waals surface area contributed by atoms with Gasteiger partial charge >= 0.3 is 5.97 Å². The second-order valence-electron chi connectivity index (χ2n) is 2.70. The number of pyridine rings is 1. The van der Waals surface area contributed by atoms with Crippen molar-refractivity contribution in [2.24, 2.45) is 0 Å². The molecule has 1 aromatic heterocycles.